The number of carbonyl (C=O) groups is 1. The van der Waals surface area contributed by atoms with Crippen molar-refractivity contribution in [1.29, 1.82) is 0 Å². The summed E-state index contributed by atoms with van der Waals surface area (Å²) in [4.78, 5) is 12.6. The van der Waals surface area contributed by atoms with E-state index >= 15 is 0 Å². The molecule has 3 aromatic carbocycles. The molecule has 1 N–H and O–H groups in total. The zero-order valence-electron chi connectivity index (χ0n) is 15.4. The van der Waals surface area contributed by atoms with Crippen molar-refractivity contribution in [2.24, 2.45) is 0 Å². The summed E-state index contributed by atoms with van der Waals surface area (Å²) in [5.74, 6) is 0.207. The Labute approximate surface area is 162 Å². The predicted molar refractivity (Wildman–Crippen MR) is 111 cm³/mol. The zero-order valence-corrected chi connectivity index (χ0v) is 16.2. The van der Waals surface area contributed by atoms with Crippen LogP contribution in [0.3, 0.4) is 0 Å². The molecular formula is C22H22O4S. The van der Waals surface area contributed by atoms with Crippen LogP contribution in [-0.2, 0) is 9.53 Å². The highest BCUT2D eigenvalue weighted by molar-refractivity contribution is 7.98. The third-order valence-electron chi connectivity index (χ3n) is 4.21. The van der Waals surface area contributed by atoms with E-state index in [4.69, 9.17) is 9.47 Å². The van der Waals surface area contributed by atoms with Gasteiger partial charge in [-0.05, 0) is 36.1 Å². The van der Waals surface area contributed by atoms with Crippen molar-refractivity contribution in [2.45, 2.75) is 17.9 Å². The lowest BCUT2D eigenvalue weighted by Crippen LogP contribution is -2.25. The van der Waals surface area contributed by atoms with Crippen molar-refractivity contribution in [3.63, 3.8) is 0 Å². The number of carbonyl (C=O) groups excluding carboxylic acids is 1. The monoisotopic (exact) mass is 382 g/mol. The molecule has 0 spiro atoms. The minimum Gasteiger partial charge on any atom is -0.489 e. The lowest BCUT2D eigenvalue weighted by atomic mass is 10.0. The average molecular weight is 382 g/mol. The number of ether oxygens (including phenoxy) is 2. The molecule has 140 valence electrons. The van der Waals surface area contributed by atoms with Gasteiger partial charge in [0.2, 0.25) is 0 Å². The van der Waals surface area contributed by atoms with Gasteiger partial charge in [0.05, 0.1) is 0 Å². The van der Waals surface area contributed by atoms with Crippen LogP contribution >= 0.6 is 11.8 Å². The fourth-order valence-electron chi connectivity index (χ4n) is 2.88. The van der Waals surface area contributed by atoms with E-state index in [0.29, 0.717) is 5.57 Å². The van der Waals surface area contributed by atoms with Crippen molar-refractivity contribution in [3.8, 4) is 5.75 Å². The quantitative estimate of drug-likeness (QED) is 0.281. The summed E-state index contributed by atoms with van der Waals surface area (Å²) < 4.78 is 11.0. The molecule has 0 aliphatic carbocycles. The topological polar surface area (TPSA) is 55.8 Å². The van der Waals surface area contributed by atoms with Crippen LogP contribution in [0.1, 0.15) is 6.92 Å². The first-order valence-corrected chi connectivity index (χ1v) is 9.85. The van der Waals surface area contributed by atoms with Crippen LogP contribution in [0.4, 0.5) is 0 Å². The summed E-state index contributed by atoms with van der Waals surface area (Å²) in [6, 6.07) is 16.3. The highest BCUT2D eigenvalue weighted by atomic mass is 32.2. The molecule has 3 aromatic rings. The molecule has 3 rings (SSSR count). The van der Waals surface area contributed by atoms with Gasteiger partial charge in [0, 0.05) is 21.2 Å². The molecule has 1 atom stereocenters. The number of rotatable bonds is 7. The van der Waals surface area contributed by atoms with Crippen molar-refractivity contribution >= 4 is 39.3 Å². The molecule has 0 radical (unpaired) electrons. The van der Waals surface area contributed by atoms with Crippen LogP contribution in [0.15, 0.2) is 65.6 Å². The Bertz CT molecular complexity index is 996. The number of fused-ring (bicyclic) bond motifs is 2. The van der Waals surface area contributed by atoms with Gasteiger partial charge in [0.25, 0.3) is 0 Å². The Kier molecular flexibility index (Phi) is 6.04. The Morgan fingerprint density at radius 2 is 1.85 bits per heavy atom. The predicted octanol–water partition coefficient (Wildman–Crippen LogP) is 4.57. The number of hydrogen-bond donors (Lipinski definition) is 1. The third-order valence-corrected chi connectivity index (χ3v) is 5.01. The van der Waals surface area contributed by atoms with Gasteiger partial charge in [0.1, 0.15) is 25.1 Å². The van der Waals surface area contributed by atoms with Crippen molar-refractivity contribution in [1.82, 2.24) is 0 Å². The van der Waals surface area contributed by atoms with Crippen LogP contribution in [0.2, 0.25) is 0 Å². The molecule has 0 aliphatic rings. The molecule has 0 fully saturated rings. The Morgan fingerprint density at radius 3 is 2.59 bits per heavy atom. The van der Waals surface area contributed by atoms with E-state index in [2.05, 4.69) is 18.7 Å². The fraction of sp³-hybridized carbons (Fsp3) is 0.227. The van der Waals surface area contributed by atoms with Crippen LogP contribution in [-0.4, -0.2) is 36.6 Å². The van der Waals surface area contributed by atoms with E-state index in [1.165, 1.54) is 4.90 Å². The second-order valence-electron chi connectivity index (χ2n) is 6.33. The number of aliphatic hydroxyl groups excluding tert-OH is 1. The summed E-state index contributed by atoms with van der Waals surface area (Å²) in [6.45, 7) is 4.98. The first-order valence-electron chi connectivity index (χ1n) is 8.63. The minimum atomic E-state index is -0.925. The molecule has 0 saturated heterocycles. The van der Waals surface area contributed by atoms with Crippen LogP contribution in [0, 0.1) is 0 Å². The Morgan fingerprint density at radius 1 is 1.11 bits per heavy atom. The van der Waals surface area contributed by atoms with E-state index in [1.54, 1.807) is 18.7 Å². The van der Waals surface area contributed by atoms with E-state index in [9.17, 15) is 9.90 Å². The van der Waals surface area contributed by atoms with Gasteiger partial charge in [0.15, 0.2) is 0 Å². The Balaban J connectivity index is 1.90. The number of aliphatic hydroxyl groups is 1. The summed E-state index contributed by atoms with van der Waals surface area (Å²) >= 11 is 1.68. The maximum Gasteiger partial charge on any atom is 0.333 e. The van der Waals surface area contributed by atoms with Crippen molar-refractivity contribution in [2.75, 3.05) is 19.5 Å². The molecule has 0 aromatic heterocycles. The highest BCUT2D eigenvalue weighted by Gasteiger charge is 2.14. The average Bonchev–Trinajstić information content (AvgIpc) is 2.68. The standard InChI is InChI=1S/C22H22O4S/c1-14(2)22(24)26-13-16(23)12-25-21-17-8-5-4-7-15(17)11-19-18(21)9-6-10-20(19)27-3/h4-11,16,23H,1,12-13H2,2-3H3. The fourth-order valence-corrected chi connectivity index (χ4v) is 3.48. The van der Waals surface area contributed by atoms with Gasteiger partial charge < -0.3 is 14.6 Å². The maximum absolute atomic E-state index is 11.5. The number of esters is 1. The normalized spacial score (nSPS) is 12.1. The number of benzene rings is 3. The minimum absolute atomic E-state index is 0.0239. The van der Waals surface area contributed by atoms with Gasteiger partial charge in [-0.1, -0.05) is 43.0 Å². The van der Waals surface area contributed by atoms with Gasteiger partial charge in [-0.3, -0.25) is 0 Å². The lowest BCUT2D eigenvalue weighted by molar-refractivity contribution is -0.142. The van der Waals surface area contributed by atoms with E-state index < -0.39 is 12.1 Å². The Hall–Kier alpha value is -2.50. The molecule has 0 heterocycles. The third kappa shape index (κ3) is 4.26. The SMILES string of the molecule is C=C(C)C(=O)OCC(O)COc1c2ccccc2cc2c(SC)cccc12. The molecule has 0 saturated carbocycles. The summed E-state index contributed by atoms with van der Waals surface area (Å²) in [5.41, 5.74) is 0.299. The molecule has 0 aliphatic heterocycles. The summed E-state index contributed by atoms with van der Waals surface area (Å²) in [5, 5.41) is 14.3. The molecule has 27 heavy (non-hydrogen) atoms. The van der Waals surface area contributed by atoms with Crippen molar-refractivity contribution in [3.05, 3.63) is 60.7 Å². The van der Waals surface area contributed by atoms with Crippen LogP contribution < -0.4 is 4.74 Å². The van der Waals surface area contributed by atoms with Gasteiger partial charge in [-0.2, -0.15) is 0 Å². The van der Waals surface area contributed by atoms with Gasteiger partial charge in [-0.15, -0.1) is 11.8 Å². The molecule has 1 unspecified atom stereocenters. The molecule has 5 heteroatoms. The van der Waals surface area contributed by atoms with Gasteiger partial charge >= 0.3 is 5.97 Å². The largest absolute Gasteiger partial charge is 0.489 e. The number of hydrogen-bond acceptors (Lipinski definition) is 5. The van der Waals surface area contributed by atoms with E-state index in [-0.39, 0.29) is 13.2 Å². The first kappa shape index (κ1) is 19.3. The first-order chi connectivity index (χ1) is 13.0. The summed E-state index contributed by atoms with van der Waals surface area (Å²) in [6.07, 6.45) is 1.12. The second-order valence-corrected chi connectivity index (χ2v) is 7.17. The zero-order chi connectivity index (χ0) is 19.4. The van der Waals surface area contributed by atoms with Crippen molar-refractivity contribution < 1.29 is 19.4 Å². The molecule has 4 nitrogen and oxygen atoms in total. The van der Waals surface area contributed by atoms with Crippen LogP contribution in [0.5, 0.6) is 5.75 Å². The maximum atomic E-state index is 11.5. The molecular weight excluding hydrogens is 360 g/mol. The smallest absolute Gasteiger partial charge is 0.333 e. The molecule has 0 amide bonds. The second kappa shape index (κ2) is 8.46. The van der Waals surface area contributed by atoms with E-state index in [1.807, 2.05) is 42.7 Å². The van der Waals surface area contributed by atoms with Crippen LogP contribution in [0.25, 0.3) is 21.5 Å². The highest BCUT2D eigenvalue weighted by Crippen LogP contribution is 2.38. The van der Waals surface area contributed by atoms with E-state index in [0.717, 1.165) is 27.3 Å². The number of thioether (sulfide) groups is 1. The molecule has 0 bridgehead atoms. The lowest BCUT2D eigenvalue weighted by Gasteiger charge is -2.17. The summed E-state index contributed by atoms with van der Waals surface area (Å²) in [7, 11) is 0. The van der Waals surface area contributed by atoms with Gasteiger partial charge in [-0.25, -0.2) is 4.79 Å².